The molecular weight excluding hydrogens is 305 g/mol. The van der Waals surface area contributed by atoms with Gasteiger partial charge in [-0.1, -0.05) is 25.0 Å². The maximum Gasteiger partial charge on any atom is 0.416 e. The fraction of sp³-hybridized carbons (Fsp3) is 0.647. The molecule has 1 aliphatic rings. The molecule has 0 bridgehead atoms. The smallest absolute Gasteiger partial charge is 0.386 e. The third kappa shape index (κ3) is 4.85. The topological polar surface area (TPSA) is 9.23 Å². The van der Waals surface area contributed by atoms with E-state index in [0.29, 0.717) is 11.6 Å². The molecule has 1 saturated carbocycles. The van der Waals surface area contributed by atoms with Crippen molar-refractivity contribution in [1.82, 2.24) is 0 Å². The van der Waals surface area contributed by atoms with E-state index in [4.69, 9.17) is 4.74 Å². The zero-order chi connectivity index (χ0) is 16.2. The van der Waals surface area contributed by atoms with Crippen LogP contribution in [-0.2, 0) is 17.3 Å². The molecule has 1 aromatic carbocycles. The van der Waals surface area contributed by atoms with Gasteiger partial charge in [0.2, 0.25) is 0 Å². The van der Waals surface area contributed by atoms with Crippen LogP contribution >= 0.6 is 0 Å². The third-order valence-corrected chi connectivity index (χ3v) is 6.46. The van der Waals surface area contributed by atoms with Crippen molar-refractivity contribution in [2.75, 3.05) is 7.11 Å². The van der Waals surface area contributed by atoms with Crippen LogP contribution in [0.4, 0.5) is 13.2 Å². The molecule has 0 radical (unpaired) electrons. The van der Waals surface area contributed by atoms with Gasteiger partial charge in [-0.25, -0.2) is 0 Å². The van der Waals surface area contributed by atoms with Gasteiger partial charge < -0.3 is 4.74 Å². The summed E-state index contributed by atoms with van der Waals surface area (Å²) in [6.07, 6.45) is 2.65. The first-order valence-electron chi connectivity index (χ1n) is 8.09. The summed E-state index contributed by atoms with van der Waals surface area (Å²) >= 11 is 0. The molecule has 0 saturated heterocycles. The molecule has 0 spiro atoms. The Hall–Kier alpha value is -0.813. The SMILES string of the molecule is COC([SiH3])C1CCC(CCc2ccc(C(F)(F)F)cc2)CC1. The van der Waals surface area contributed by atoms with Crippen LogP contribution in [0.5, 0.6) is 0 Å². The van der Waals surface area contributed by atoms with Gasteiger partial charge in [0.05, 0.1) is 5.56 Å². The Bertz CT molecular complexity index is 450. The maximum atomic E-state index is 12.5. The summed E-state index contributed by atoms with van der Waals surface area (Å²) in [4.78, 5) is 0. The molecule has 124 valence electrons. The molecule has 0 aromatic heterocycles. The van der Waals surface area contributed by atoms with Crippen LogP contribution in [0.1, 0.15) is 43.2 Å². The van der Waals surface area contributed by atoms with Crippen molar-refractivity contribution in [3.63, 3.8) is 0 Å². The Labute approximate surface area is 133 Å². The number of hydrogen-bond donors (Lipinski definition) is 0. The van der Waals surface area contributed by atoms with Crippen LogP contribution in [0, 0.1) is 11.8 Å². The number of rotatable bonds is 5. The van der Waals surface area contributed by atoms with Gasteiger partial charge >= 0.3 is 6.18 Å². The molecule has 0 heterocycles. The van der Waals surface area contributed by atoms with Crippen molar-refractivity contribution < 1.29 is 17.9 Å². The van der Waals surface area contributed by atoms with Gasteiger partial charge in [0.25, 0.3) is 0 Å². The number of aryl methyl sites for hydroxylation is 1. The summed E-state index contributed by atoms with van der Waals surface area (Å²) in [5.74, 6) is 1.43. The first kappa shape index (κ1) is 17.5. The lowest BCUT2D eigenvalue weighted by molar-refractivity contribution is -0.137. The summed E-state index contributed by atoms with van der Waals surface area (Å²) in [5, 5.41) is 0. The van der Waals surface area contributed by atoms with Crippen molar-refractivity contribution in [2.24, 2.45) is 11.8 Å². The molecule has 1 atom stereocenters. The monoisotopic (exact) mass is 330 g/mol. The van der Waals surface area contributed by atoms with Gasteiger partial charge in [-0.05, 0) is 55.2 Å². The molecule has 1 aromatic rings. The quantitative estimate of drug-likeness (QED) is 0.747. The largest absolute Gasteiger partial charge is 0.416 e. The van der Waals surface area contributed by atoms with E-state index in [0.717, 1.165) is 34.6 Å². The second kappa shape index (κ2) is 7.64. The Kier molecular flexibility index (Phi) is 6.09. The zero-order valence-corrected chi connectivity index (χ0v) is 15.3. The van der Waals surface area contributed by atoms with E-state index in [9.17, 15) is 13.2 Å². The van der Waals surface area contributed by atoms with Crippen LogP contribution < -0.4 is 0 Å². The summed E-state index contributed by atoms with van der Waals surface area (Å²) in [6, 6.07) is 5.62. The molecule has 2 rings (SSSR count). The van der Waals surface area contributed by atoms with Crippen molar-refractivity contribution in [3.8, 4) is 0 Å². The van der Waals surface area contributed by atoms with Gasteiger partial charge in [0.1, 0.15) is 0 Å². The van der Waals surface area contributed by atoms with Gasteiger partial charge in [0, 0.05) is 23.1 Å². The van der Waals surface area contributed by atoms with Gasteiger partial charge in [-0.3, -0.25) is 0 Å². The van der Waals surface area contributed by atoms with Crippen LogP contribution in [0.15, 0.2) is 24.3 Å². The zero-order valence-electron chi connectivity index (χ0n) is 13.3. The van der Waals surface area contributed by atoms with Gasteiger partial charge in [-0.2, -0.15) is 13.2 Å². The molecule has 5 heteroatoms. The Morgan fingerprint density at radius 1 is 1.14 bits per heavy atom. The molecule has 1 aliphatic carbocycles. The van der Waals surface area contributed by atoms with Crippen molar-refractivity contribution in [1.29, 1.82) is 0 Å². The minimum Gasteiger partial charge on any atom is -0.386 e. The highest BCUT2D eigenvalue weighted by atomic mass is 28.1. The predicted octanol–water partition coefficient (Wildman–Crippen LogP) is 3.78. The minimum atomic E-state index is -4.24. The highest BCUT2D eigenvalue weighted by molar-refractivity contribution is 6.11. The second-order valence-electron chi connectivity index (χ2n) is 6.45. The van der Waals surface area contributed by atoms with Crippen LogP contribution in [-0.4, -0.2) is 23.1 Å². The summed E-state index contributed by atoms with van der Waals surface area (Å²) in [6.45, 7) is 0. The second-order valence-corrected chi connectivity index (χ2v) is 7.59. The highest BCUT2D eigenvalue weighted by Gasteiger charge is 2.30. The van der Waals surface area contributed by atoms with Crippen LogP contribution in [0.2, 0.25) is 0 Å². The predicted molar refractivity (Wildman–Crippen MR) is 85.9 cm³/mol. The van der Waals surface area contributed by atoms with Crippen molar-refractivity contribution >= 4 is 10.2 Å². The summed E-state index contributed by atoms with van der Waals surface area (Å²) in [5.41, 5.74) is 0.915. The van der Waals surface area contributed by atoms with E-state index < -0.39 is 11.7 Å². The van der Waals surface area contributed by atoms with Gasteiger partial charge in [-0.15, -0.1) is 0 Å². The Morgan fingerprint density at radius 2 is 1.73 bits per heavy atom. The van der Waals surface area contributed by atoms with E-state index in [1.165, 1.54) is 37.8 Å². The number of halogens is 3. The number of benzene rings is 1. The normalized spacial score (nSPS) is 24.4. The molecular formula is C17H25F3OSi. The maximum absolute atomic E-state index is 12.5. The fourth-order valence-electron chi connectivity index (χ4n) is 3.37. The minimum absolute atomic E-state index is 0.468. The molecule has 0 amide bonds. The highest BCUT2D eigenvalue weighted by Crippen LogP contribution is 2.34. The van der Waals surface area contributed by atoms with E-state index >= 15 is 0 Å². The lowest BCUT2D eigenvalue weighted by Crippen LogP contribution is -2.27. The van der Waals surface area contributed by atoms with Crippen molar-refractivity contribution in [3.05, 3.63) is 35.4 Å². The van der Waals surface area contributed by atoms with E-state index in [1.807, 2.05) is 0 Å². The van der Waals surface area contributed by atoms with E-state index in [2.05, 4.69) is 0 Å². The first-order chi connectivity index (χ1) is 10.4. The molecule has 1 fully saturated rings. The number of ether oxygens (including phenoxy) is 1. The Balaban J connectivity index is 1.77. The van der Waals surface area contributed by atoms with Crippen molar-refractivity contribution in [2.45, 2.75) is 50.4 Å². The average molecular weight is 330 g/mol. The van der Waals surface area contributed by atoms with Gasteiger partial charge in [0.15, 0.2) is 0 Å². The fourth-order valence-corrected chi connectivity index (χ4v) is 4.04. The number of methoxy groups -OCH3 is 1. The van der Waals surface area contributed by atoms with Crippen LogP contribution in [0.25, 0.3) is 0 Å². The number of alkyl halides is 3. The van der Waals surface area contributed by atoms with E-state index in [-0.39, 0.29) is 0 Å². The molecule has 0 aliphatic heterocycles. The number of hydrogen-bond acceptors (Lipinski definition) is 1. The van der Waals surface area contributed by atoms with Crippen LogP contribution in [0.3, 0.4) is 0 Å². The standard InChI is InChI=1S/C17H25F3OSi/c1-21-16(22)14-8-4-12(5-9-14)2-3-13-6-10-15(11-7-13)17(18,19)20/h6-7,10-12,14,16H,2-5,8-9H2,1,22H3. The molecule has 22 heavy (non-hydrogen) atoms. The lowest BCUT2D eigenvalue weighted by Gasteiger charge is -2.31. The molecule has 1 unspecified atom stereocenters. The Morgan fingerprint density at radius 3 is 2.23 bits per heavy atom. The van der Waals surface area contributed by atoms with E-state index in [1.54, 1.807) is 19.2 Å². The molecule has 0 N–H and O–H groups in total. The lowest BCUT2D eigenvalue weighted by atomic mass is 9.79. The third-order valence-electron chi connectivity index (χ3n) is 5.05. The molecule has 1 nitrogen and oxygen atoms in total. The summed E-state index contributed by atoms with van der Waals surface area (Å²) < 4.78 is 43.0. The first-order valence-corrected chi connectivity index (χ1v) is 9.24. The average Bonchev–Trinajstić information content (AvgIpc) is 2.52. The summed E-state index contributed by atoms with van der Waals surface area (Å²) in [7, 11) is 2.89.